The molecule has 4 heterocycles. The van der Waals surface area contributed by atoms with Crippen LogP contribution in [0.15, 0.2) is 6.20 Å². The predicted molar refractivity (Wildman–Crippen MR) is 98.5 cm³/mol. The first-order chi connectivity index (χ1) is 12.6. The molecule has 3 N–H and O–H groups in total. The third-order valence-corrected chi connectivity index (χ3v) is 6.49. The summed E-state index contributed by atoms with van der Waals surface area (Å²) in [5.41, 5.74) is 6.26. The summed E-state index contributed by atoms with van der Waals surface area (Å²) in [5, 5.41) is 7.80. The first-order valence-electron chi connectivity index (χ1n) is 9.66. The molecule has 1 atom stereocenters. The summed E-state index contributed by atoms with van der Waals surface area (Å²) >= 11 is 0. The van der Waals surface area contributed by atoms with Crippen molar-refractivity contribution in [3.8, 4) is 0 Å². The van der Waals surface area contributed by atoms with Crippen molar-refractivity contribution in [2.24, 2.45) is 11.3 Å². The highest BCUT2D eigenvalue weighted by Gasteiger charge is 2.49. The predicted octanol–water partition coefficient (Wildman–Crippen LogP) is 1.55. The third kappa shape index (κ3) is 2.42. The number of carbonyl (C=O) groups excluding carboxylic acids is 1. The Hall–Kier alpha value is -2.38. The van der Waals surface area contributed by atoms with Crippen LogP contribution in [0.2, 0.25) is 0 Å². The van der Waals surface area contributed by atoms with Crippen molar-refractivity contribution >= 4 is 28.7 Å². The molecular weight excluding hydrogens is 330 g/mol. The molecular formula is C18H25N7O. The molecule has 0 bridgehead atoms. The molecule has 0 aromatic carbocycles. The zero-order valence-electron chi connectivity index (χ0n) is 14.9. The maximum absolute atomic E-state index is 13.3. The molecule has 26 heavy (non-hydrogen) atoms. The highest BCUT2D eigenvalue weighted by atomic mass is 16.2. The fourth-order valence-corrected chi connectivity index (χ4v) is 4.82. The first kappa shape index (κ1) is 15.8. The number of H-pyrrole nitrogens is 1. The lowest BCUT2D eigenvalue weighted by atomic mass is 9.77. The Labute approximate surface area is 152 Å². The molecule has 0 radical (unpaired) electrons. The number of nitrogens with zero attached hydrogens (tertiary/aromatic N) is 5. The number of fused-ring (bicyclic) bond motifs is 1. The molecule has 2 aromatic rings. The smallest absolute Gasteiger partial charge is 0.230 e. The summed E-state index contributed by atoms with van der Waals surface area (Å²) < 4.78 is 0. The van der Waals surface area contributed by atoms with Gasteiger partial charge in [0, 0.05) is 26.2 Å². The maximum Gasteiger partial charge on any atom is 0.230 e. The number of carbonyl (C=O) groups is 1. The van der Waals surface area contributed by atoms with E-state index >= 15 is 0 Å². The molecule has 138 valence electrons. The first-order valence-corrected chi connectivity index (χ1v) is 9.66. The summed E-state index contributed by atoms with van der Waals surface area (Å²) in [6.45, 7) is 3.40. The highest BCUT2D eigenvalue weighted by molar-refractivity contribution is 5.89. The van der Waals surface area contributed by atoms with Crippen LogP contribution >= 0.6 is 0 Å². The number of nitrogens with two attached hydrogens (primary N) is 1. The second-order valence-corrected chi connectivity index (χ2v) is 8.14. The van der Waals surface area contributed by atoms with Gasteiger partial charge in [0.25, 0.3) is 0 Å². The Balaban J connectivity index is 1.40. The van der Waals surface area contributed by atoms with Gasteiger partial charge in [-0.15, -0.1) is 0 Å². The van der Waals surface area contributed by atoms with Crippen molar-refractivity contribution in [2.45, 2.75) is 38.5 Å². The Kier molecular flexibility index (Phi) is 3.55. The van der Waals surface area contributed by atoms with Gasteiger partial charge in [-0.05, 0) is 38.0 Å². The number of hydrogen-bond donors (Lipinski definition) is 2. The molecule has 1 saturated carbocycles. The second-order valence-electron chi connectivity index (χ2n) is 8.14. The van der Waals surface area contributed by atoms with Crippen LogP contribution in [0.25, 0.3) is 11.0 Å². The second kappa shape index (κ2) is 5.82. The molecule has 0 unspecified atom stereocenters. The zero-order chi connectivity index (χ0) is 17.7. The Morgan fingerprint density at radius 3 is 2.92 bits per heavy atom. The monoisotopic (exact) mass is 355 g/mol. The molecule has 2 saturated heterocycles. The Bertz CT molecular complexity index is 845. The number of aromatic amines is 1. The van der Waals surface area contributed by atoms with E-state index in [0.29, 0.717) is 18.1 Å². The lowest BCUT2D eigenvalue weighted by Gasteiger charge is -2.42. The molecule has 8 nitrogen and oxygen atoms in total. The summed E-state index contributed by atoms with van der Waals surface area (Å²) in [7, 11) is 0. The van der Waals surface area contributed by atoms with Crippen LogP contribution in [0.5, 0.6) is 0 Å². The number of aromatic nitrogens is 4. The Morgan fingerprint density at radius 1 is 1.23 bits per heavy atom. The molecule has 1 spiro atoms. The normalized spacial score (nSPS) is 26.8. The minimum atomic E-state index is -0.266. The van der Waals surface area contributed by atoms with Gasteiger partial charge in [0.15, 0.2) is 5.65 Å². The summed E-state index contributed by atoms with van der Waals surface area (Å²) in [6.07, 6.45) is 8.57. The van der Waals surface area contributed by atoms with Crippen LogP contribution in [0.1, 0.15) is 38.5 Å². The van der Waals surface area contributed by atoms with E-state index in [2.05, 4.69) is 30.0 Å². The number of anilines is 2. The molecule has 3 fully saturated rings. The minimum Gasteiger partial charge on any atom is -0.368 e. The highest BCUT2D eigenvalue weighted by Crippen LogP contribution is 2.43. The van der Waals surface area contributed by atoms with Gasteiger partial charge in [-0.25, -0.2) is 0 Å². The fraction of sp³-hybridized carbons (Fsp3) is 0.667. The summed E-state index contributed by atoms with van der Waals surface area (Å²) in [6, 6.07) is 0. The molecule has 3 aliphatic rings. The minimum absolute atomic E-state index is 0.235. The van der Waals surface area contributed by atoms with E-state index in [1.54, 1.807) is 6.20 Å². The van der Waals surface area contributed by atoms with E-state index in [9.17, 15) is 4.79 Å². The van der Waals surface area contributed by atoms with Crippen LogP contribution in [0, 0.1) is 11.3 Å². The molecule has 1 amide bonds. The van der Waals surface area contributed by atoms with E-state index in [-0.39, 0.29) is 11.4 Å². The number of piperidine rings is 1. The summed E-state index contributed by atoms with van der Waals surface area (Å²) in [4.78, 5) is 26.3. The number of hydrogen-bond acceptors (Lipinski definition) is 6. The van der Waals surface area contributed by atoms with Crippen LogP contribution in [0.4, 0.5) is 11.8 Å². The van der Waals surface area contributed by atoms with Crippen molar-refractivity contribution in [1.29, 1.82) is 0 Å². The van der Waals surface area contributed by atoms with Gasteiger partial charge in [0.2, 0.25) is 11.9 Å². The number of amides is 1. The summed E-state index contributed by atoms with van der Waals surface area (Å²) in [5.74, 6) is 2.10. The maximum atomic E-state index is 13.3. The van der Waals surface area contributed by atoms with Crippen molar-refractivity contribution in [2.75, 3.05) is 36.8 Å². The lowest BCUT2D eigenvalue weighted by Crippen LogP contribution is -2.51. The lowest BCUT2D eigenvalue weighted by molar-refractivity contribution is -0.146. The van der Waals surface area contributed by atoms with Gasteiger partial charge in [-0.3, -0.25) is 9.89 Å². The average molecular weight is 355 g/mol. The fourth-order valence-electron chi connectivity index (χ4n) is 4.82. The number of nitrogens with one attached hydrogen (secondary N) is 1. The molecule has 8 heteroatoms. The average Bonchev–Trinajstić information content (AvgIpc) is 3.21. The van der Waals surface area contributed by atoms with Crippen molar-refractivity contribution in [3.63, 3.8) is 0 Å². The van der Waals surface area contributed by atoms with Crippen LogP contribution in [-0.4, -0.2) is 57.2 Å². The zero-order valence-corrected chi connectivity index (χ0v) is 14.9. The van der Waals surface area contributed by atoms with Crippen molar-refractivity contribution in [1.82, 2.24) is 25.1 Å². The van der Waals surface area contributed by atoms with E-state index in [0.717, 1.165) is 56.0 Å². The molecule has 2 aromatic heterocycles. The van der Waals surface area contributed by atoms with E-state index in [4.69, 9.17) is 5.73 Å². The Morgan fingerprint density at radius 2 is 2.12 bits per heavy atom. The van der Waals surface area contributed by atoms with Gasteiger partial charge < -0.3 is 15.5 Å². The van der Waals surface area contributed by atoms with Crippen molar-refractivity contribution in [3.05, 3.63) is 6.20 Å². The van der Waals surface area contributed by atoms with E-state index < -0.39 is 0 Å². The number of likely N-dealkylation sites (tertiary alicyclic amines) is 1. The van der Waals surface area contributed by atoms with Gasteiger partial charge in [0.1, 0.15) is 5.82 Å². The van der Waals surface area contributed by atoms with E-state index in [1.807, 2.05) is 0 Å². The molecule has 2 aliphatic heterocycles. The number of rotatable bonds is 3. The molecule has 5 rings (SSSR count). The van der Waals surface area contributed by atoms with Crippen molar-refractivity contribution < 1.29 is 4.79 Å². The quantitative estimate of drug-likeness (QED) is 0.866. The van der Waals surface area contributed by atoms with Crippen LogP contribution in [-0.2, 0) is 4.79 Å². The largest absolute Gasteiger partial charge is 0.368 e. The molecule has 1 aliphatic carbocycles. The number of nitrogen functional groups attached to an aromatic ring is 1. The van der Waals surface area contributed by atoms with E-state index in [1.165, 1.54) is 19.3 Å². The third-order valence-electron chi connectivity index (χ3n) is 6.49. The SMILES string of the molecule is Nc1nc(N2CC[C@]3(CCCN(CC4CCC4)C3=O)C2)c2cn[nH]c2n1. The van der Waals surface area contributed by atoms with Crippen LogP contribution in [0.3, 0.4) is 0 Å². The van der Waals surface area contributed by atoms with Gasteiger partial charge in [-0.1, -0.05) is 6.42 Å². The van der Waals surface area contributed by atoms with Gasteiger partial charge >= 0.3 is 0 Å². The van der Waals surface area contributed by atoms with Crippen LogP contribution < -0.4 is 10.6 Å². The van der Waals surface area contributed by atoms with Gasteiger partial charge in [0.05, 0.1) is 17.0 Å². The standard InChI is InChI=1S/C18H25N7O/c19-17-21-14-13(9-20-23-14)15(22-17)25-8-6-18(11-25)5-2-7-24(16(18)26)10-12-3-1-4-12/h9,12H,1-8,10-11H2,(H3,19,20,21,22,23)/t18-/m1/s1. The topological polar surface area (TPSA) is 104 Å². The van der Waals surface area contributed by atoms with Gasteiger partial charge in [-0.2, -0.15) is 15.1 Å².